The molecule has 0 unspecified atom stereocenters. The summed E-state index contributed by atoms with van der Waals surface area (Å²) in [6, 6.07) is 3.26. The molecule has 110 valence electrons. The fourth-order valence-corrected chi connectivity index (χ4v) is 2.52. The van der Waals surface area contributed by atoms with Gasteiger partial charge in [0.25, 0.3) is 0 Å². The number of aromatic nitrogens is 1. The molecule has 0 saturated carbocycles. The molecule has 0 aliphatic carbocycles. The normalized spacial score (nSPS) is 16.5. The van der Waals surface area contributed by atoms with E-state index in [0.717, 1.165) is 24.6 Å². The van der Waals surface area contributed by atoms with Crippen molar-refractivity contribution in [2.24, 2.45) is 11.7 Å². The third-order valence-corrected chi connectivity index (χ3v) is 3.51. The van der Waals surface area contributed by atoms with Crippen LogP contribution in [-0.4, -0.2) is 30.0 Å². The highest BCUT2D eigenvalue weighted by Crippen LogP contribution is 2.26. The fraction of sp³-hybridized carbons (Fsp3) is 0.600. The summed E-state index contributed by atoms with van der Waals surface area (Å²) >= 11 is 0. The minimum atomic E-state index is -0.471. The van der Waals surface area contributed by atoms with Crippen molar-refractivity contribution in [1.29, 1.82) is 0 Å². The second-order valence-electron chi connectivity index (χ2n) is 5.79. The summed E-state index contributed by atoms with van der Waals surface area (Å²) in [5, 5.41) is 2.92. The monoisotopic (exact) mass is 276 g/mol. The van der Waals surface area contributed by atoms with E-state index in [1.165, 1.54) is 12.8 Å². The Balaban J connectivity index is 2.07. The van der Waals surface area contributed by atoms with Crippen LogP contribution in [0.2, 0.25) is 0 Å². The Bertz CT molecular complexity index is 455. The third kappa shape index (κ3) is 3.70. The van der Waals surface area contributed by atoms with Gasteiger partial charge in [-0.25, -0.2) is 4.98 Å². The Kier molecular flexibility index (Phi) is 4.95. The third-order valence-electron chi connectivity index (χ3n) is 3.51. The Labute approximate surface area is 120 Å². The zero-order valence-electron chi connectivity index (χ0n) is 12.3. The molecule has 1 aromatic rings. The van der Waals surface area contributed by atoms with Gasteiger partial charge < -0.3 is 16.0 Å². The van der Waals surface area contributed by atoms with Crippen LogP contribution >= 0.6 is 0 Å². The lowest BCUT2D eigenvalue weighted by molar-refractivity contribution is -0.117. The summed E-state index contributed by atoms with van der Waals surface area (Å²) < 4.78 is 0. The second kappa shape index (κ2) is 6.70. The molecule has 0 radical (unpaired) electrons. The van der Waals surface area contributed by atoms with Gasteiger partial charge >= 0.3 is 0 Å². The predicted molar refractivity (Wildman–Crippen MR) is 81.7 cm³/mol. The molecule has 1 atom stereocenters. The first kappa shape index (κ1) is 14.8. The highest BCUT2D eigenvalue weighted by atomic mass is 16.2. The molecule has 2 rings (SSSR count). The number of hydrogen-bond acceptors (Lipinski definition) is 4. The molecule has 5 nitrogen and oxygen atoms in total. The van der Waals surface area contributed by atoms with Crippen LogP contribution in [0.1, 0.15) is 33.1 Å². The van der Waals surface area contributed by atoms with Crippen molar-refractivity contribution in [2.45, 2.75) is 39.2 Å². The lowest BCUT2D eigenvalue weighted by Crippen LogP contribution is -2.37. The van der Waals surface area contributed by atoms with Crippen LogP contribution in [0.15, 0.2) is 18.3 Å². The van der Waals surface area contributed by atoms with Crippen molar-refractivity contribution < 1.29 is 4.79 Å². The first-order chi connectivity index (χ1) is 9.58. The Hall–Kier alpha value is -1.62. The topological polar surface area (TPSA) is 71.2 Å². The summed E-state index contributed by atoms with van der Waals surface area (Å²) in [5.41, 5.74) is 6.69. The van der Waals surface area contributed by atoms with Gasteiger partial charge in [-0.1, -0.05) is 13.8 Å². The number of nitrogens with one attached hydrogen (secondary N) is 1. The second-order valence-corrected chi connectivity index (χ2v) is 5.79. The maximum absolute atomic E-state index is 12.1. The van der Waals surface area contributed by atoms with Crippen molar-refractivity contribution in [2.75, 3.05) is 23.3 Å². The zero-order chi connectivity index (χ0) is 14.5. The Morgan fingerprint density at radius 1 is 1.45 bits per heavy atom. The number of hydrogen-bond donors (Lipinski definition) is 2. The van der Waals surface area contributed by atoms with Crippen LogP contribution in [0.25, 0.3) is 0 Å². The molecule has 20 heavy (non-hydrogen) atoms. The maximum atomic E-state index is 12.1. The number of nitrogens with two attached hydrogens (primary N) is 1. The highest BCUT2D eigenvalue weighted by Gasteiger charge is 2.20. The van der Waals surface area contributed by atoms with Crippen LogP contribution < -0.4 is 16.0 Å². The van der Waals surface area contributed by atoms with Crippen molar-refractivity contribution in [3.05, 3.63) is 18.3 Å². The molecule has 5 heteroatoms. The van der Waals surface area contributed by atoms with Gasteiger partial charge in [-0.3, -0.25) is 4.79 Å². The van der Waals surface area contributed by atoms with Crippen molar-refractivity contribution in [1.82, 2.24) is 4.98 Å². The molecule has 0 aromatic carbocycles. The largest absolute Gasteiger partial charge is 0.355 e. The quantitative estimate of drug-likeness (QED) is 0.863. The van der Waals surface area contributed by atoms with Crippen LogP contribution in [0.5, 0.6) is 0 Å². The van der Waals surface area contributed by atoms with E-state index in [4.69, 9.17) is 5.73 Å². The van der Waals surface area contributed by atoms with E-state index in [-0.39, 0.29) is 5.91 Å². The van der Waals surface area contributed by atoms with E-state index >= 15 is 0 Å². The molecule has 0 bridgehead atoms. The van der Waals surface area contributed by atoms with Gasteiger partial charge in [-0.15, -0.1) is 0 Å². The molecule has 2 heterocycles. The van der Waals surface area contributed by atoms with Gasteiger partial charge in [0, 0.05) is 19.3 Å². The van der Waals surface area contributed by atoms with Gasteiger partial charge in [0.1, 0.15) is 0 Å². The smallest absolute Gasteiger partial charge is 0.241 e. The first-order valence-electron chi connectivity index (χ1n) is 7.34. The Morgan fingerprint density at radius 3 is 2.80 bits per heavy atom. The van der Waals surface area contributed by atoms with Crippen LogP contribution in [0.3, 0.4) is 0 Å². The zero-order valence-corrected chi connectivity index (χ0v) is 12.3. The molecular weight excluding hydrogens is 252 g/mol. The molecular formula is C15H24N4O. The average molecular weight is 276 g/mol. The number of amides is 1. The lowest BCUT2D eigenvalue weighted by atomic mass is 10.0. The van der Waals surface area contributed by atoms with E-state index in [9.17, 15) is 4.79 Å². The van der Waals surface area contributed by atoms with E-state index in [1.807, 2.05) is 12.1 Å². The standard InChI is InChI=1S/C15H24N4O/c1-11(2)10-12(16)15(20)18-13-6-5-7-17-14(13)19-8-3-4-9-19/h5-7,11-12H,3-4,8-10,16H2,1-2H3,(H,18,20)/t12-/m0/s1. The van der Waals surface area contributed by atoms with Crippen LogP contribution in [-0.2, 0) is 4.79 Å². The van der Waals surface area contributed by atoms with Crippen LogP contribution in [0, 0.1) is 5.92 Å². The summed E-state index contributed by atoms with van der Waals surface area (Å²) in [5.74, 6) is 1.13. The van der Waals surface area contributed by atoms with Crippen LogP contribution in [0.4, 0.5) is 11.5 Å². The molecule has 1 aromatic heterocycles. The van der Waals surface area contributed by atoms with Crippen molar-refractivity contribution >= 4 is 17.4 Å². The fourth-order valence-electron chi connectivity index (χ4n) is 2.52. The minimum absolute atomic E-state index is 0.132. The molecule has 1 saturated heterocycles. The molecule has 1 amide bonds. The number of anilines is 2. The highest BCUT2D eigenvalue weighted by molar-refractivity contribution is 5.97. The van der Waals surface area contributed by atoms with Crippen molar-refractivity contribution in [3.8, 4) is 0 Å². The molecule has 1 fully saturated rings. The minimum Gasteiger partial charge on any atom is -0.355 e. The Morgan fingerprint density at radius 2 is 2.15 bits per heavy atom. The summed E-state index contributed by atoms with van der Waals surface area (Å²) in [7, 11) is 0. The van der Waals surface area contributed by atoms with Crippen molar-refractivity contribution in [3.63, 3.8) is 0 Å². The van der Waals surface area contributed by atoms with E-state index in [0.29, 0.717) is 12.3 Å². The van der Waals surface area contributed by atoms with Gasteiger partial charge in [0.2, 0.25) is 5.91 Å². The number of carbonyl (C=O) groups excluding carboxylic acids is 1. The van der Waals surface area contributed by atoms with Gasteiger partial charge in [-0.2, -0.15) is 0 Å². The number of nitrogens with zero attached hydrogens (tertiary/aromatic N) is 2. The summed E-state index contributed by atoms with van der Waals surface area (Å²) in [6.07, 6.45) is 4.80. The average Bonchev–Trinajstić information content (AvgIpc) is 2.92. The number of pyridine rings is 1. The van der Waals surface area contributed by atoms with E-state index in [1.54, 1.807) is 6.20 Å². The molecule has 0 spiro atoms. The number of carbonyl (C=O) groups is 1. The summed E-state index contributed by atoms with van der Waals surface area (Å²) in [4.78, 5) is 18.7. The van der Waals surface area contributed by atoms with Gasteiger partial charge in [-0.05, 0) is 37.3 Å². The van der Waals surface area contributed by atoms with E-state index in [2.05, 4.69) is 29.0 Å². The molecule has 3 N–H and O–H groups in total. The predicted octanol–water partition coefficient (Wildman–Crippen LogP) is 1.99. The van der Waals surface area contributed by atoms with E-state index < -0.39 is 6.04 Å². The van der Waals surface area contributed by atoms with Gasteiger partial charge in [0.05, 0.1) is 11.7 Å². The lowest BCUT2D eigenvalue weighted by Gasteiger charge is -2.21. The molecule has 1 aliphatic heterocycles. The first-order valence-corrected chi connectivity index (χ1v) is 7.34. The summed E-state index contributed by atoms with van der Waals surface area (Å²) in [6.45, 7) is 6.12. The maximum Gasteiger partial charge on any atom is 0.241 e. The van der Waals surface area contributed by atoms with Gasteiger partial charge in [0.15, 0.2) is 5.82 Å². The molecule has 1 aliphatic rings. The SMILES string of the molecule is CC(C)C[C@H](N)C(=O)Nc1cccnc1N1CCCC1. The number of rotatable bonds is 5.